The average molecular weight is 377 g/mol. The number of nitrogens with one attached hydrogen (secondary N) is 1. The Morgan fingerprint density at radius 1 is 1.18 bits per heavy atom. The Bertz CT molecular complexity index is 893. The summed E-state index contributed by atoms with van der Waals surface area (Å²) < 4.78 is 0. The maximum Gasteiger partial charge on any atom is 0.221 e. The zero-order chi connectivity index (χ0) is 18.8. The minimum atomic E-state index is -0.0765. The Kier molecular flexibility index (Phi) is 3.50. The Balaban J connectivity index is 1.22. The molecule has 6 heteroatoms. The van der Waals surface area contributed by atoms with Crippen LogP contribution in [0.1, 0.15) is 68.4 Å². The minimum Gasteiger partial charge on any atom is -0.351 e. The fourth-order valence-electron chi connectivity index (χ4n) is 7.41. The van der Waals surface area contributed by atoms with Gasteiger partial charge in [0.1, 0.15) is 0 Å². The normalized spacial score (nSPS) is 37.8. The molecular weight excluding hydrogens is 350 g/mol. The number of hydrogen-bond donors (Lipinski definition) is 1. The SMILES string of the molecule is O=C(CC1CCc2ccccc21)NC12CC3CC(C1)CC(n1ncnn1)(C3)C2. The molecule has 28 heavy (non-hydrogen) atoms. The molecule has 2 aromatic rings. The van der Waals surface area contributed by atoms with Crippen LogP contribution in [0.2, 0.25) is 0 Å². The van der Waals surface area contributed by atoms with Crippen molar-refractivity contribution in [2.24, 2.45) is 11.8 Å². The van der Waals surface area contributed by atoms with Crippen molar-refractivity contribution in [1.82, 2.24) is 25.5 Å². The van der Waals surface area contributed by atoms with Crippen LogP contribution >= 0.6 is 0 Å². The first kappa shape index (κ1) is 16.7. The van der Waals surface area contributed by atoms with Crippen LogP contribution in [-0.2, 0) is 16.8 Å². The maximum absolute atomic E-state index is 13.1. The number of benzene rings is 1. The van der Waals surface area contributed by atoms with Crippen molar-refractivity contribution >= 4 is 5.91 Å². The molecule has 6 nitrogen and oxygen atoms in total. The van der Waals surface area contributed by atoms with E-state index < -0.39 is 0 Å². The number of nitrogens with zero attached hydrogens (tertiary/aromatic N) is 4. The van der Waals surface area contributed by atoms with Crippen molar-refractivity contribution in [3.05, 3.63) is 41.7 Å². The smallest absolute Gasteiger partial charge is 0.221 e. The second-order valence-corrected chi connectivity index (χ2v) is 9.88. The van der Waals surface area contributed by atoms with E-state index in [0.717, 1.165) is 44.9 Å². The molecule has 1 amide bonds. The molecule has 1 aromatic heterocycles. The summed E-state index contributed by atoms with van der Waals surface area (Å²) in [5, 5.41) is 16.2. The highest BCUT2D eigenvalue weighted by Gasteiger charge is 2.60. The summed E-state index contributed by atoms with van der Waals surface area (Å²) in [7, 11) is 0. The summed E-state index contributed by atoms with van der Waals surface area (Å²) in [6, 6.07) is 8.62. The van der Waals surface area contributed by atoms with Gasteiger partial charge in [0.15, 0.2) is 6.33 Å². The maximum atomic E-state index is 13.1. The number of amides is 1. The molecule has 1 heterocycles. The average Bonchev–Trinajstić information content (AvgIpc) is 3.31. The van der Waals surface area contributed by atoms with Gasteiger partial charge in [0.05, 0.1) is 5.54 Å². The topological polar surface area (TPSA) is 72.7 Å². The molecule has 0 aliphatic heterocycles. The Labute approximate surface area is 165 Å². The van der Waals surface area contributed by atoms with Crippen LogP contribution in [0, 0.1) is 11.8 Å². The summed E-state index contributed by atoms with van der Waals surface area (Å²) >= 11 is 0. The number of aryl methyl sites for hydroxylation is 1. The van der Waals surface area contributed by atoms with E-state index in [1.54, 1.807) is 6.33 Å². The van der Waals surface area contributed by atoms with E-state index in [2.05, 4.69) is 45.0 Å². The lowest BCUT2D eigenvalue weighted by atomic mass is 9.50. The van der Waals surface area contributed by atoms with Gasteiger partial charge >= 0.3 is 0 Å². The molecule has 5 aliphatic carbocycles. The van der Waals surface area contributed by atoms with E-state index in [1.165, 1.54) is 17.5 Å². The molecule has 0 spiro atoms. The molecule has 3 atom stereocenters. The van der Waals surface area contributed by atoms with Crippen molar-refractivity contribution in [3.8, 4) is 0 Å². The summed E-state index contributed by atoms with van der Waals surface area (Å²) in [6.07, 6.45) is 11.1. The van der Waals surface area contributed by atoms with Crippen molar-refractivity contribution in [3.63, 3.8) is 0 Å². The van der Waals surface area contributed by atoms with Gasteiger partial charge in [-0.1, -0.05) is 24.3 Å². The Morgan fingerprint density at radius 3 is 2.79 bits per heavy atom. The summed E-state index contributed by atoms with van der Waals surface area (Å²) in [5.74, 6) is 1.93. The zero-order valence-corrected chi connectivity index (χ0v) is 16.2. The standard InChI is InChI=1S/C22H27N5O/c28-20(8-18-6-5-17-3-1-2-4-19(17)18)25-21-9-15-7-16(10-21)12-22(11-15,13-21)27-24-14-23-26-27/h1-4,14-16,18H,5-13H2,(H,25,28). The third-order valence-electron chi connectivity index (χ3n) is 7.90. The third-order valence-corrected chi connectivity index (χ3v) is 7.90. The molecule has 0 radical (unpaired) electrons. The zero-order valence-electron chi connectivity index (χ0n) is 16.2. The second-order valence-electron chi connectivity index (χ2n) is 9.88. The van der Waals surface area contributed by atoms with Crippen LogP contribution in [0.4, 0.5) is 0 Å². The number of hydrogen-bond acceptors (Lipinski definition) is 4. The van der Waals surface area contributed by atoms with E-state index in [0.29, 0.717) is 24.2 Å². The van der Waals surface area contributed by atoms with Crippen LogP contribution < -0.4 is 5.32 Å². The minimum absolute atomic E-state index is 0.0478. The van der Waals surface area contributed by atoms with Gasteiger partial charge in [-0.15, -0.1) is 10.2 Å². The van der Waals surface area contributed by atoms with Gasteiger partial charge in [-0.3, -0.25) is 4.79 Å². The monoisotopic (exact) mass is 377 g/mol. The molecule has 4 bridgehead atoms. The lowest BCUT2D eigenvalue weighted by molar-refractivity contribution is -0.131. The molecule has 0 saturated heterocycles. The largest absolute Gasteiger partial charge is 0.351 e. The van der Waals surface area contributed by atoms with Crippen LogP contribution in [0.3, 0.4) is 0 Å². The van der Waals surface area contributed by atoms with Crippen molar-refractivity contribution in [2.45, 2.75) is 74.8 Å². The number of rotatable bonds is 4. The third kappa shape index (κ3) is 2.53. The van der Waals surface area contributed by atoms with Crippen LogP contribution in [0.5, 0.6) is 0 Å². The Morgan fingerprint density at radius 2 is 2.00 bits per heavy atom. The quantitative estimate of drug-likeness (QED) is 0.889. The van der Waals surface area contributed by atoms with E-state index >= 15 is 0 Å². The van der Waals surface area contributed by atoms with E-state index in [9.17, 15) is 4.79 Å². The highest BCUT2D eigenvalue weighted by atomic mass is 16.1. The molecule has 1 aromatic carbocycles. The van der Waals surface area contributed by atoms with Gasteiger partial charge in [-0.25, -0.2) is 0 Å². The number of tetrazole rings is 1. The summed E-state index contributed by atoms with van der Waals surface area (Å²) in [4.78, 5) is 15.0. The lowest BCUT2D eigenvalue weighted by Crippen LogP contribution is -2.66. The summed E-state index contributed by atoms with van der Waals surface area (Å²) in [6.45, 7) is 0. The molecule has 7 rings (SSSR count). The molecular formula is C22H27N5O. The van der Waals surface area contributed by atoms with E-state index in [-0.39, 0.29) is 17.0 Å². The van der Waals surface area contributed by atoms with Gasteiger partial charge in [-0.05, 0) is 85.5 Å². The highest BCUT2D eigenvalue weighted by Crippen LogP contribution is 2.60. The fraction of sp³-hybridized carbons (Fsp3) is 0.636. The predicted octanol–water partition coefficient (Wildman–Crippen LogP) is 2.96. The van der Waals surface area contributed by atoms with Gasteiger partial charge in [0.25, 0.3) is 0 Å². The number of carbonyl (C=O) groups is 1. The van der Waals surface area contributed by atoms with Gasteiger partial charge in [0, 0.05) is 12.0 Å². The fourth-order valence-corrected chi connectivity index (χ4v) is 7.41. The number of fused-ring (bicyclic) bond motifs is 1. The molecule has 1 N–H and O–H groups in total. The van der Waals surface area contributed by atoms with Crippen molar-refractivity contribution < 1.29 is 4.79 Å². The first-order valence-corrected chi connectivity index (χ1v) is 10.8. The number of carbonyl (C=O) groups excluding carboxylic acids is 1. The van der Waals surface area contributed by atoms with Gasteiger partial charge < -0.3 is 5.32 Å². The van der Waals surface area contributed by atoms with E-state index in [1.807, 2.05) is 4.80 Å². The molecule has 4 fully saturated rings. The number of aromatic nitrogens is 4. The van der Waals surface area contributed by atoms with E-state index in [4.69, 9.17) is 0 Å². The highest BCUT2D eigenvalue weighted by molar-refractivity contribution is 5.78. The first-order valence-electron chi connectivity index (χ1n) is 10.8. The van der Waals surface area contributed by atoms with Crippen molar-refractivity contribution in [2.75, 3.05) is 0 Å². The Hall–Kier alpha value is -2.24. The molecule has 146 valence electrons. The van der Waals surface area contributed by atoms with Crippen LogP contribution in [-0.4, -0.2) is 31.7 Å². The lowest BCUT2D eigenvalue weighted by Gasteiger charge is -2.61. The van der Waals surface area contributed by atoms with Crippen LogP contribution in [0.15, 0.2) is 30.6 Å². The first-order chi connectivity index (χ1) is 13.6. The van der Waals surface area contributed by atoms with Crippen molar-refractivity contribution in [1.29, 1.82) is 0 Å². The molecule has 4 saturated carbocycles. The summed E-state index contributed by atoms with van der Waals surface area (Å²) in [5.41, 5.74) is 2.68. The predicted molar refractivity (Wildman–Crippen MR) is 103 cm³/mol. The second kappa shape index (κ2) is 5.88. The van der Waals surface area contributed by atoms with Crippen LogP contribution in [0.25, 0.3) is 0 Å². The molecule has 5 aliphatic rings. The molecule has 3 unspecified atom stereocenters. The van der Waals surface area contributed by atoms with Gasteiger partial charge in [0.2, 0.25) is 5.91 Å². The van der Waals surface area contributed by atoms with Gasteiger partial charge in [-0.2, -0.15) is 4.80 Å².